The second-order valence-electron chi connectivity index (χ2n) is 5.47. The van der Waals surface area contributed by atoms with Crippen molar-refractivity contribution in [2.75, 3.05) is 5.32 Å². The minimum Gasteiger partial charge on any atom is -0.459 e. The lowest BCUT2D eigenvalue weighted by atomic mass is 10.2. The summed E-state index contributed by atoms with van der Waals surface area (Å²) in [7, 11) is 0. The molecule has 0 saturated heterocycles. The summed E-state index contributed by atoms with van der Waals surface area (Å²) < 4.78 is 5.01. The molecule has 2 amide bonds. The number of carbonyl (C=O) groups excluding carboxylic acids is 2. The molecule has 1 aromatic carbocycles. The monoisotopic (exact) mass is 364 g/mol. The van der Waals surface area contributed by atoms with Gasteiger partial charge in [0, 0.05) is 11.3 Å². The maximum atomic E-state index is 12.3. The van der Waals surface area contributed by atoms with Crippen molar-refractivity contribution in [2.45, 2.75) is 13.0 Å². The summed E-state index contributed by atoms with van der Waals surface area (Å²) in [5.74, 6) is 5.54. The SMILES string of the molecule is C[C@@H](NC(=O)c1ccco1)C(=O)Nc1cccc(C#Cc2cccs2)c1. The Morgan fingerprint density at radius 1 is 1.12 bits per heavy atom. The lowest BCUT2D eigenvalue weighted by molar-refractivity contribution is -0.117. The zero-order valence-corrected chi connectivity index (χ0v) is 14.8. The van der Waals surface area contributed by atoms with E-state index in [-0.39, 0.29) is 11.7 Å². The molecule has 0 aliphatic rings. The molecule has 1 atom stereocenters. The zero-order valence-electron chi connectivity index (χ0n) is 14.0. The molecule has 26 heavy (non-hydrogen) atoms. The summed E-state index contributed by atoms with van der Waals surface area (Å²) in [6.45, 7) is 1.61. The van der Waals surface area contributed by atoms with Crippen LogP contribution in [0.5, 0.6) is 0 Å². The maximum absolute atomic E-state index is 12.3. The number of hydrogen-bond acceptors (Lipinski definition) is 4. The van der Waals surface area contributed by atoms with Gasteiger partial charge in [0.1, 0.15) is 6.04 Å². The van der Waals surface area contributed by atoms with Gasteiger partial charge >= 0.3 is 0 Å². The second-order valence-corrected chi connectivity index (χ2v) is 6.42. The van der Waals surface area contributed by atoms with Crippen LogP contribution in [0.1, 0.15) is 27.9 Å². The molecule has 2 aromatic heterocycles. The first-order valence-corrected chi connectivity index (χ1v) is 8.80. The Kier molecular flexibility index (Phi) is 5.52. The highest BCUT2D eigenvalue weighted by molar-refractivity contribution is 7.10. The molecule has 3 rings (SSSR count). The summed E-state index contributed by atoms with van der Waals surface area (Å²) >= 11 is 1.57. The third-order valence-corrected chi connectivity index (χ3v) is 4.25. The summed E-state index contributed by atoms with van der Waals surface area (Å²) in [4.78, 5) is 25.2. The van der Waals surface area contributed by atoms with Crippen molar-refractivity contribution in [3.63, 3.8) is 0 Å². The van der Waals surface area contributed by atoms with E-state index in [9.17, 15) is 9.59 Å². The molecule has 5 nitrogen and oxygen atoms in total. The lowest BCUT2D eigenvalue weighted by Gasteiger charge is -2.13. The zero-order chi connectivity index (χ0) is 18.4. The summed E-state index contributed by atoms with van der Waals surface area (Å²) in [5.41, 5.74) is 1.41. The van der Waals surface area contributed by atoms with Crippen molar-refractivity contribution in [3.8, 4) is 11.8 Å². The predicted octanol–water partition coefficient (Wildman–Crippen LogP) is 3.50. The van der Waals surface area contributed by atoms with E-state index in [2.05, 4.69) is 22.5 Å². The molecule has 2 N–H and O–H groups in total. The highest BCUT2D eigenvalue weighted by Gasteiger charge is 2.18. The summed E-state index contributed by atoms with van der Waals surface area (Å²) in [6.07, 6.45) is 1.41. The minimum atomic E-state index is -0.714. The van der Waals surface area contributed by atoms with Gasteiger partial charge in [-0.25, -0.2) is 0 Å². The second kappa shape index (κ2) is 8.19. The third-order valence-electron chi connectivity index (χ3n) is 3.47. The van der Waals surface area contributed by atoms with Crippen LogP contribution in [0.4, 0.5) is 5.69 Å². The van der Waals surface area contributed by atoms with E-state index in [1.807, 2.05) is 29.6 Å². The number of nitrogens with one attached hydrogen (secondary N) is 2. The Bertz CT molecular complexity index is 951. The first kappa shape index (κ1) is 17.5. The standard InChI is InChI=1S/C20H16N2O3S/c1-14(21-20(24)18-8-3-11-25-18)19(23)22-16-6-2-5-15(13-16)9-10-17-7-4-12-26-17/h2-8,11-14H,1H3,(H,21,24)(H,22,23)/t14-/m1/s1. The molecule has 130 valence electrons. The summed E-state index contributed by atoms with van der Waals surface area (Å²) in [6, 6.07) is 13.6. The molecule has 3 aromatic rings. The largest absolute Gasteiger partial charge is 0.459 e. The van der Waals surface area contributed by atoms with Gasteiger partial charge in [0.15, 0.2) is 5.76 Å². The molecular formula is C20H16N2O3S. The number of rotatable bonds is 4. The third kappa shape index (κ3) is 4.62. The van der Waals surface area contributed by atoms with Gasteiger partial charge in [0.2, 0.25) is 5.91 Å². The van der Waals surface area contributed by atoms with E-state index in [1.54, 1.807) is 36.5 Å². The molecule has 0 bridgehead atoms. The van der Waals surface area contributed by atoms with Crippen LogP contribution in [0.3, 0.4) is 0 Å². The van der Waals surface area contributed by atoms with Crippen LogP contribution in [-0.4, -0.2) is 17.9 Å². The fraction of sp³-hybridized carbons (Fsp3) is 0.100. The van der Waals surface area contributed by atoms with Gasteiger partial charge in [-0.2, -0.15) is 0 Å². The molecule has 0 aliphatic heterocycles. The van der Waals surface area contributed by atoms with Gasteiger partial charge < -0.3 is 15.1 Å². The number of anilines is 1. The van der Waals surface area contributed by atoms with Crippen molar-refractivity contribution in [1.29, 1.82) is 0 Å². The van der Waals surface area contributed by atoms with Crippen LogP contribution in [0.15, 0.2) is 64.6 Å². The van der Waals surface area contributed by atoms with E-state index in [0.717, 1.165) is 10.4 Å². The normalized spacial score (nSPS) is 11.1. The van der Waals surface area contributed by atoms with Crippen molar-refractivity contribution in [2.24, 2.45) is 0 Å². The van der Waals surface area contributed by atoms with Crippen molar-refractivity contribution in [3.05, 3.63) is 76.4 Å². The van der Waals surface area contributed by atoms with Crippen LogP contribution in [0, 0.1) is 11.8 Å². The van der Waals surface area contributed by atoms with Gasteiger partial charge in [-0.15, -0.1) is 11.3 Å². The van der Waals surface area contributed by atoms with Crippen LogP contribution in [0.25, 0.3) is 0 Å². The Morgan fingerprint density at radius 3 is 2.73 bits per heavy atom. The molecule has 0 unspecified atom stereocenters. The van der Waals surface area contributed by atoms with Gasteiger partial charge in [-0.3, -0.25) is 9.59 Å². The molecule has 0 fully saturated rings. The quantitative estimate of drug-likeness (QED) is 0.696. The van der Waals surface area contributed by atoms with Crippen LogP contribution in [0.2, 0.25) is 0 Å². The van der Waals surface area contributed by atoms with Crippen LogP contribution >= 0.6 is 11.3 Å². The minimum absolute atomic E-state index is 0.162. The first-order valence-electron chi connectivity index (χ1n) is 7.92. The van der Waals surface area contributed by atoms with E-state index in [4.69, 9.17) is 4.42 Å². The van der Waals surface area contributed by atoms with Crippen molar-refractivity contribution >= 4 is 28.8 Å². The molecule has 6 heteroatoms. The highest BCUT2D eigenvalue weighted by Crippen LogP contribution is 2.12. The molecule has 0 radical (unpaired) electrons. The van der Waals surface area contributed by atoms with Gasteiger partial charge in [-0.05, 0) is 48.7 Å². The summed E-state index contributed by atoms with van der Waals surface area (Å²) in [5, 5.41) is 7.34. The molecular weight excluding hydrogens is 348 g/mol. The molecule has 0 aliphatic carbocycles. The molecule has 0 saturated carbocycles. The van der Waals surface area contributed by atoms with E-state index in [0.29, 0.717) is 5.69 Å². The smallest absolute Gasteiger partial charge is 0.287 e. The Labute approximate surface area is 155 Å². The number of carbonyl (C=O) groups is 2. The number of hydrogen-bond donors (Lipinski definition) is 2. The topological polar surface area (TPSA) is 71.3 Å². The van der Waals surface area contributed by atoms with E-state index < -0.39 is 11.9 Å². The Morgan fingerprint density at radius 2 is 2.00 bits per heavy atom. The van der Waals surface area contributed by atoms with Gasteiger partial charge in [-0.1, -0.05) is 24.0 Å². The number of benzene rings is 1. The predicted molar refractivity (Wildman–Crippen MR) is 101 cm³/mol. The van der Waals surface area contributed by atoms with Crippen molar-refractivity contribution < 1.29 is 14.0 Å². The van der Waals surface area contributed by atoms with Crippen molar-refractivity contribution in [1.82, 2.24) is 5.32 Å². The van der Waals surface area contributed by atoms with E-state index >= 15 is 0 Å². The molecule has 2 heterocycles. The maximum Gasteiger partial charge on any atom is 0.287 e. The highest BCUT2D eigenvalue weighted by atomic mass is 32.1. The Balaban J connectivity index is 1.62. The van der Waals surface area contributed by atoms with E-state index in [1.165, 1.54) is 12.3 Å². The average Bonchev–Trinajstić information content (AvgIpc) is 3.34. The Hall–Kier alpha value is -3.30. The number of amides is 2. The fourth-order valence-electron chi connectivity index (χ4n) is 2.15. The van der Waals surface area contributed by atoms with Gasteiger partial charge in [0.25, 0.3) is 5.91 Å². The number of furan rings is 1. The lowest BCUT2D eigenvalue weighted by Crippen LogP contribution is -2.41. The first-order chi connectivity index (χ1) is 12.6. The molecule has 0 spiro atoms. The van der Waals surface area contributed by atoms with Crippen LogP contribution < -0.4 is 10.6 Å². The average molecular weight is 364 g/mol. The number of thiophene rings is 1. The fourth-order valence-corrected chi connectivity index (χ4v) is 2.72. The van der Waals surface area contributed by atoms with Gasteiger partial charge in [0.05, 0.1) is 11.1 Å². The van der Waals surface area contributed by atoms with Crippen LogP contribution in [-0.2, 0) is 4.79 Å².